The molecule has 0 atom stereocenters. The molecule has 0 fully saturated rings. The SMILES string of the molecule is CCOP(=O)(NC(=O)S)OCC.N.NC(=O)S. The number of thiol groups is 2. The number of carbonyl (C=O) groups excluding carboxylic acids is 2. The summed E-state index contributed by atoms with van der Waals surface area (Å²) < 4.78 is 20.9. The summed E-state index contributed by atoms with van der Waals surface area (Å²) in [6.45, 7) is 3.70. The van der Waals surface area contributed by atoms with Gasteiger partial charge in [0.05, 0.1) is 13.2 Å². The summed E-state index contributed by atoms with van der Waals surface area (Å²) in [4.78, 5) is 19.5. The van der Waals surface area contributed by atoms with E-state index >= 15 is 0 Å². The number of rotatable bonds is 5. The van der Waals surface area contributed by atoms with E-state index < -0.39 is 18.2 Å². The van der Waals surface area contributed by atoms with Gasteiger partial charge >= 0.3 is 7.75 Å². The zero-order chi connectivity index (χ0) is 13.2. The van der Waals surface area contributed by atoms with Crippen LogP contribution in [0.4, 0.5) is 9.59 Å². The lowest BCUT2D eigenvalue weighted by Crippen LogP contribution is -2.17. The fraction of sp³-hybridized carbons (Fsp3) is 0.667. The van der Waals surface area contributed by atoms with Gasteiger partial charge in [-0.15, -0.1) is 0 Å². The molecule has 0 aliphatic carbocycles. The number of primary amides is 1. The van der Waals surface area contributed by atoms with E-state index in [1.807, 2.05) is 5.09 Å². The molecule has 0 heterocycles. The van der Waals surface area contributed by atoms with Gasteiger partial charge in [0.25, 0.3) is 10.5 Å². The molecule has 0 spiro atoms. The van der Waals surface area contributed by atoms with E-state index in [0.29, 0.717) is 0 Å². The molecule has 0 aromatic heterocycles. The second kappa shape index (κ2) is 12.2. The Bertz CT molecular complexity index is 264. The Labute approximate surface area is 111 Å². The normalized spacial score (nSPS) is 9.41. The molecule has 104 valence electrons. The van der Waals surface area contributed by atoms with E-state index in [1.54, 1.807) is 13.8 Å². The minimum Gasteiger partial charge on any atom is -0.361 e. The van der Waals surface area contributed by atoms with E-state index in [4.69, 9.17) is 13.8 Å². The summed E-state index contributed by atoms with van der Waals surface area (Å²) in [5.41, 5.74) is 4.34. The summed E-state index contributed by atoms with van der Waals surface area (Å²) in [7, 11) is -3.45. The van der Waals surface area contributed by atoms with Crippen molar-refractivity contribution in [2.45, 2.75) is 13.8 Å². The third-order valence-electron chi connectivity index (χ3n) is 0.831. The fourth-order valence-corrected chi connectivity index (χ4v) is 2.04. The zero-order valence-electron chi connectivity index (χ0n) is 9.58. The molecule has 11 heteroatoms. The first-order valence-electron chi connectivity index (χ1n) is 4.16. The van der Waals surface area contributed by atoms with Crippen molar-refractivity contribution in [3.05, 3.63) is 0 Å². The number of amides is 2. The Balaban J connectivity index is -0.000000340. The van der Waals surface area contributed by atoms with Gasteiger partial charge in [0.15, 0.2) is 0 Å². The standard InChI is InChI=1S/C5H12NO4PS.CH3NOS.H3N/c1-3-9-11(8,10-4-2)6-5(7)12;2-1(3)4;/h3-4H2,1-2H3,(H2,6,7,8,12);(H3,2,3,4);1H3. The average molecular weight is 307 g/mol. The van der Waals surface area contributed by atoms with Crippen LogP contribution in [0.1, 0.15) is 13.8 Å². The first-order valence-corrected chi connectivity index (χ1v) is 6.59. The Morgan fingerprint density at radius 3 is 1.71 bits per heavy atom. The van der Waals surface area contributed by atoms with Crippen LogP contribution in [-0.2, 0) is 13.6 Å². The van der Waals surface area contributed by atoms with E-state index in [9.17, 15) is 9.36 Å². The van der Waals surface area contributed by atoms with Crippen molar-refractivity contribution in [1.29, 1.82) is 0 Å². The maximum absolute atomic E-state index is 11.4. The van der Waals surface area contributed by atoms with Gasteiger partial charge in [0.1, 0.15) is 0 Å². The van der Waals surface area contributed by atoms with Gasteiger partial charge in [-0.05, 0) is 13.8 Å². The van der Waals surface area contributed by atoms with Crippen LogP contribution in [0.15, 0.2) is 0 Å². The van der Waals surface area contributed by atoms with Crippen molar-refractivity contribution in [3.63, 3.8) is 0 Å². The van der Waals surface area contributed by atoms with Crippen LogP contribution in [0.5, 0.6) is 0 Å². The summed E-state index contributed by atoms with van der Waals surface area (Å²) >= 11 is 6.50. The fourth-order valence-electron chi connectivity index (χ4n) is 0.559. The van der Waals surface area contributed by atoms with Gasteiger partial charge in [0, 0.05) is 0 Å². The summed E-state index contributed by atoms with van der Waals surface area (Å²) in [5.74, 6) is 0. The van der Waals surface area contributed by atoms with Gasteiger partial charge in [-0.1, -0.05) is 25.3 Å². The Morgan fingerprint density at radius 1 is 1.24 bits per heavy atom. The van der Waals surface area contributed by atoms with Gasteiger partial charge < -0.3 is 11.9 Å². The number of hydrogen-bond acceptors (Lipinski definition) is 6. The molecular weight excluding hydrogens is 289 g/mol. The molecule has 0 saturated heterocycles. The van der Waals surface area contributed by atoms with Crippen LogP contribution in [0, 0.1) is 0 Å². The van der Waals surface area contributed by atoms with E-state index in [2.05, 4.69) is 31.0 Å². The number of nitrogens with one attached hydrogen (secondary N) is 1. The van der Waals surface area contributed by atoms with E-state index in [1.165, 1.54) is 0 Å². The molecule has 0 unspecified atom stereocenters. The Kier molecular flexibility index (Phi) is 15.8. The molecule has 0 rings (SSSR count). The molecule has 8 nitrogen and oxygen atoms in total. The van der Waals surface area contributed by atoms with E-state index in [0.717, 1.165) is 0 Å². The van der Waals surface area contributed by atoms with Gasteiger partial charge in [-0.2, -0.15) is 0 Å². The van der Waals surface area contributed by atoms with Crippen molar-refractivity contribution in [1.82, 2.24) is 11.2 Å². The Hall–Kier alpha value is -0.250. The number of carbonyl (C=O) groups is 2. The lowest BCUT2D eigenvalue weighted by Gasteiger charge is -2.15. The van der Waals surface area contributed by atoms with Gasteiger partial charge in [0.2, 0.25) is 0 Å². The van der Waals surface area contributed by atoms with Crippen molar-refractivity contribution < 1.29 is 23.2 Å². The maximum atomic E-state index is 11.4. The maximum Gasteiger partial charge on any atom is 0.435 e. The van der Waals surface area contributed by atoms with Crippen molar-refractivity contribution in [3.8, 4) is 0 Å². The zero-order valence-corrected chi connectivity index (χ0v) is 12.3. The summed E-state index contributed by atoms with van der Waals surface area (Å²) in [5, 5.41) is 0.620. The van der Waals surface area contributed by atoms with Crippen molar-refractivity contribution >= 4 is 43.5 Å². The van der Waals surface area contributed by atoms with Crippen LogP contribution in [0.25, 0.3) is 0 Å². The second-order valence-electron chi connectivity index (χ2n) is 2.09. The minimum absolute atomic E-state index is 0. The predicted molar refractivity (Wildman–Crippen MR) is 72.0 cm³/mol. The quantitative estimate of drug-likeness (QED) is 0.388. The largest absolute Gasteiger partial charge is 0.435 e. The van der Waals surface area contributed by atoms with Gasteiger partial charge in [-0.3, -0.25) is 23.7 Å². The van der Waals surface area contributed by atoms with Crippen LogP contribution < -0.4 is 17.0 Å². The molecule has 0 aliphatic heterocycles. The summed E-state index contributed by atoms with van der Waals surface area (Å²) in [6.07, 6.45) is 0. The third kappa shape index (κ3) is 18.3. The topological polar surface area (TPSA) is 143 Å². The highest BCUT2D eigenvalue weighted by atomic mass is 32.1. The van der Waals surface area contributed by atoms with Crippen LogP contribution in [-0.4, -0.2) is 23.7 Å². The lowest BCUT2D eigenvalue weighted by molar-refractivity contribution is 0.210. The van der Waals surface area contributed by atoms with Gasteiger partial charge in [-0.25, -0.2) is 4.57 Å². The first-order chi connectivity index (χ1) is 7.27. The lowest BCUT2D eigenvalue weighted by atomic mass is 10.9. The molecule has 0 saturated carbocycles. The molecule has 0 aliphatic rings. The molecule has 0 aromatic rings. The van der Waals surface area contributed by atoms with E-state index in [-0.39, 0.29) is 19.4 Å². The molecule has 2 amide bonds. The molecule has 0 bridgehead atoms. The molecular formula is C6H18N3O5PS2. The first kappa shape index (κ1) is 22.0. The van der Waals surface area contributed by atoms with Crippen molar-refractivity contribution in [2.75, 3.05) is 13.2 Å². The highest BCUT2D eigenvalue weighted by Gasteiger charge is 2.24. The molecule has 0 radical (unpaired) electrons. The number of nitrogens with two attached hydrogens (primary N) is 1. The number of hydrogen-bond donors (Lipinski definition) is 5. The summed E-state index contributed by atoms with van der Waals surface area (Å²) in [6, 6.07) is 0. The highest BCUT2D eigenvalue weighted by Crippen LogP contribution is 2.43. The molecule has 6 N–H and O–H groups in total. The van der Waals surface area contributed by atoms with Crippen molar-refractivity contribution in [2.24, 2.45) is 5.73 Å². The Morgan fingerprint density at radius 2 is 1.53 bits per heavy atom. The predicted octanol–water partition coefficient (Wildman–Crippen LogP) is 1.96. The molecule has 0 aromatic carbocycles. The highest BCUT2D eigenvalue weighted by molar-refractivity contribution is 7.97. The van der Waals surface area contributed by atoms with Crippen LogP contribution >= 0.6 is 33.0 Å². The average Bonchev–Trinajstić information content (AvgIpc) is 2.00. The monoisotopic (exact) mass is 307 g/mol. The van der Waals surface area contributed by atoms with Crippen LogP contribution in [0.3, 0.4) is 0 Å². The third-order valence-corrected chi connectivity index (χ3v) is 2.79. The molecule has 17 heavy (non-hydrogen) atoms. The smallest absolute Gasteiger partial charge is 0.361 e. The van der Waals surface area contributed by atoms with Crippen LogP contribution in [0.2, 0.25) is 0 Å². The second-order valence-corrected chi connectivity index (χ2v) is 4.67. The minimum atomic E-state index is -3.45.